The maximum absolute atomic E-state index is 12.3. The summed E-state index contributed by atoms with van der Waals surface area (Å²) in [7, 11) is 0. The van der Waals surface area contributed by atoms with Crippen LogP contribution in [0.5, 0.6) is 0 Å². The van der Waals surface area contributed by atoms with Gasteiger partial charge in [-0.3, -0.25) is 4.79 Å². The molecule has 2 heteroatoms. The van der Waals surface area contributed by atoms with Gasteiger partial charge in [0.1, 0.15) is 0 Å². The highest BCUT2D eigenvalue weighted by Gasteiger charge is 2.17. The molecule has 1 heterocycles. The SMILES string of the molecule is Cc1ccc(C(=O)CCN2CCCc3ccccc32)cc1. The molecule has 0 N–H and O–H groups in total. The van der Waals surface area contributed by atoms with Crippen LogP contribution in [0.3, 0.4) is 0 Å². The fourth-order valence-corrected chi connectivity index (χ4v) is 2.96. The lowest BCUT2D eigenvalue weighted by Crippen LogP contribution is -2.31. The first kappa shape index (κ1) is 13.9. The lowest BCUT2D eigenvalue weighted by molar-refractivity contribution is 0.0984. The highest BCUT2D eigenvalue weighted by Crippen LogP contribution is 2.26. The monoisotopic (exact) mass is 279 g/mol. The Morgan fingerprint density at radius 2 is 1.86 bits per heavy atom. The molecular weight excluding hydrogens is 258 g/mol. The van der Waals surface area contributed by atoms with Crippen molar-refractivity contribution in [3.05, 3.63) is 65.2 Å². The minimum absolute atomic E-state index is 0.234. The fourth-order valence-electron chi connectivity index (χ4n) is 2.96. The first-order valence-electron chi connectivity index (χ1n) is 7.67. The van der Waals surface area contributed by atoms with Crippen LogP contribution in [0.15, 0.2) is 48.5 Å². The summed E-state index contributed by atoms with van der Waals surface area (Å²) >= 11 is 0. The smallest absolute Gasteiger partial charge is 0.164 e. The number of aryl methyl sites for hydroxylation is 2. The molecule has 0 radical (unpaired) electrons. The van der Waals surface area contributed by atoms with Crippen LogP contribution in [-0.4, -0.2) is 18.9 Å². The zero-order valence-corrected chi connectivity index (χ0v) is 12.5. The van der Waals surface area contributed by atoms with Gasteiger partial charge in [0.15, 0.2) is 5.78 Å². The predicted molar refractivity (Wildman–Crippen MR) is 87.1 cm³/mol. The molecule has 0 amide bonds. The summed E-state index contributed by atoms with van der Waals surface area (Å²) in [6.45, 7) is 3.90. The number of benzene rings is 2. The van der Waals surface area contributed by atoms with Crippen molar-refractivity contribution in [3.8, 4) is 0 Å². The molecule has 0 atom stereocenters. The van der Waals surface area contributed by atoms with Gasteiger partial charge in [0.2, 0.25) is 0 Å². The summed E-state index contributed by atoms with van der Waals surface area (Å²) < 4.78 is 0. The molecule has 1 aliphatic rings. The molecule has 0 aromatic heterocycles. The van der Waals surface area contributed by atoms with Crippen molar-refractivity contribution < 1.29 is 4.79 Å². The van der Waals surface area contributed by atoms with Crippen LogP contribution in [0, 0.1) is 6.92 Å². The number of fused-ring (bicyclic) bond motifs is 1. The van der Waals surface area contributed by atoms with Gasteiger partial charge in [-0.15, -0.1) is 0 Å². The molecular formula is C19H21NO. The maximum Gasteiger partial charge on any atom is 0.164 e. The molecule has 3 rings (SSSR count). The van der Waals surface area contributed by atoms with Crippen molar-refractivity contribution in [2.45, 2.75) is 26.2 Å². The van der Waals surface area contributed by atoms with E-state index in [2.05, 4.69) is 29.2 Å². The molecule has 2 aromatic carbocycles. The fraction of sp³-hybridized carbons (Fsp3) is 0.316. The van der Waals surface area contributed by atoms with Gasteiger partial charge in [0.05, 0.1) is 0 Å². The van der Waals surface area contributed by atoms with Crippen molar-refractivity contribution in [2.75, 3.05) is 18.0 Å². The Balaban J connectivity index is 1.66. The number of hydrogen-bond donors (Lipinski definition) is 0. The van der Waals surface area contributed by atoms with E-state index in [1.807, 2.05) is 31.2 Å². The van der Waals surface area contributed by atoms with E-state index >= 15 is 0 Å². The second kappa shape index (κ2) is 6.13. The summed E-state index contributed by atoms with van der Waals surface area (Å²) in [5, 5.41) is 0. The Labute approximate surface area is 126 Å². The van der Waals surface area contributed by atoms with Crippen LogP contribution in [0.25, 0.3) is 0 Å². The number of Topliss-reactive ketones (excluding diaryl/α,β-unsaturated/α-hetero) is 1. The third-order valence-corrected chi connectivity index (χ3v) is 4.19. The lowest BCUT2D eigenvalue weighted by Gasteiger charge is -2.31. The standard InChI is InChI=1S/C19H21NO/c1-15-8-10-17(11-9-15)19(21)12-14-20-13-4-6-16-5-2-3-7-18(16)20/h2-3,5,7-11H,4,6,12-14H2,1H3. The number of para-hydroxylation sites is 1. The molecule has 108 valence electrons. The average molecular weight is 279 g/mol. The van der Waals surface area contributed by atoms with Crippen LogP contribution >= 0.6 is 0 Å². The number of carbonyl (C=O) groups excluding carboxylic acids is 1. The highest BCUT2D eigenvalue weighted by atomic mass is 16.1. The molecule has 2 nitrogen and oxygen atoms in total. The molecule has 0 fully saturated rings. The molecule has 0 bridgehead atoms. The van der Waals surface area contributed by atoms with Crippen LogP contribution in [0.2, 0.25) is 0 Å². The molecule has 0 saturated heterocycles. The molecule has 2 aromatic rings. The topological polar surface area (TPSA) is 20.3 Å². The number of hydrogen-bond acceptors (Lipinski definition) is 2. The molecule has 0 aliphatic carbocycles. The average Bonchev–Trinajstić information content (AvgIpc) is 2.53. The summed E-state index contributed by atoms with van der Waals surface area (Å²) in [4.78, 5) is 14.6. The Bertz CT molecular complexity index is 630. The lowest BCUT2D eigenvalue weighted by atomic mass is 10.0. The van der Waals surface area contributed by atoms with Gasteiger partial charge in [0.25, 0.3) is 0 Å². The van der Waals surface area contributed by atoms with E-state index < -0.39 is 0 Å². The maximum atomic E-state index is 12.3. The molecule has 0 saturated carbocycles. The second-order valence-electron chi connectivity index (χ2n) is 5.76. The van der Waals surface area contributed by atoms with Crippen LogP contribution < -0.4 is 4.90 Å². The van der Waals surface area contributed by atoms with Gasteiger partial charge < -0.3 is 4.90 Å². The Morgan fingerprint density at radius 1 is 1.10 bits per heavy atom. The van der Waals surface area contributed by atoms with E-state index in [0.717, 1.165) is 25.1 Å². The minimum Gasteiger partial charge on any atom is -0.371 e. The highest BCUT2D eigenvalue weighted by molar-refractivity contribution is 5.96. The third kappa shape index (κ3) is 3.15. The van der Waals surface area contributed by atoms with Crippen molar-refractivity contribution in [2.24, 2.45) is 0 Å². The zero-order chi connectivity index (χ0) is 14.7. The first-order valence-corrected chi connectivity index (χ1v) is 7.67. The van der Waals surface area contributed by atoms with E-state index in [1.165, 1.54) is 23.2 Å². The number of carbonyl (C=O) groups is 1. The summed E-state index contributed by atoms with van der Waals surface area (Å²) in [5.74, 6) is 0.234. The summed E-state index contributed by atoms with van der Waals surface area (Å²) in [5.41, 5.74) is 4.73. The van der Waals surface area contributed by atoms with Crippen molar-refractivity contribution in [1.29, 1.82) is 0 Å². The van der Waals surface area contributed by atoms with E-state index in [1.54, 1.807) is 0 Å². The van der Waals surface area contributed by atoms with E-state index in [-0.39, 0.29) is 5.78 Å². The number of rotatable bonds is 4. The molecule has 0 unspecified atom stereocenters. The van der Waals surface area contributed by atoms with Crippen LogP contribution in [0.1, 0.15) is 34.3 Å². The summed E-state index contributed by atoms with van der Waals surface area (Å²) in [6.07, 6.45) is 2.91. The zero-order valence-electron chi connectivity index (χ0n) is 12.5. The van der Waals surface area contributed by atoms with E-state index in [0.29, 0.717) is 6.42 Å². The van der Waals surface area contributed by atoms with Crippen molar-refractivity contribution in [3.63, 3.8) is 0 Å². The number of anilines is 1. The first-order chi connectivity index (χ1) is 10.2. The molecule has 1 aliphatic heterocycles. The number of nitrogens with zero attached hydrogens (tertiary/aromatic N) is 1. The third-order valence-electron chi connectivity index (χ3n) is 4.19. The van der Waals surface area contributed by atoms with Gasteiger partial charge in [-0.25, -0.2) is 0 Å². The Hall–Kier alpha value is -2.09. The van der Waals surface area contributed by atoms with E-state index in [9.17, 15) is 4.79 Å². The van der Waals surface area contributed by atoms with Crippen molar-refractivity contribution >= 4 is 11.5 Å². The van der Waals surface area contributed by atoms with Crippen LogP contribution in [0.4, 0.5) is 5.69 Å². The van der Waals surface area contributed by atoms with Gasteiger partial charge >= 0.3 is 0 Å². The largest absolute Gasteiger partial charge is 0.371 e. The quantitative estimate of drug-likeness (QED) is 0.788. The minimum atomic E-state index is 0.234. The van der Waals surface area contributed by atoms with Gasteiger partial charge in [-0.05, 0) is 31.4 Å². The van der Waals surface area contributed by atoms with Gasteiger partial charge in [-0.1, -0.05) is 48.0 Å². The predicted octanol–water partition coefficient (Wildman–Crippen LogP) is 4.02. The normalized spacial score (nSPS) is 13.9. The van der Waals surface area contributed by atoms with Gasteiger partial charge in [0, 0.05) is 30.8 Å². The molecule has 0 spiro atoms. The van der Waals surface area contributed by atoms with Crippen molar-refractivity contribution in [1.82, 2.24) is 0 Å². The summed E-state index contributed by atoms with van der Waals surface area (Å²) in [6, 6.07) is 16.4. The van der Waals surface area contributed by atoms with E-state index in [4.69, 9.17) is 0 Å². The Morgan fingerprint density at radius 3 is 2.67 bits per heavy atom. The second-order valence-corrected chi connectivity index (χ2v) is 5.76. The molecule has 21 heavy (non-hydrogen) atoms. The Kier molecular flexibility index (Phi) is 4.05. The van der Waals surface area contributed by atoms with Gasteiger partial charge in [-0.2, -0.15) is 0 Å². The number of ketones is 1. The van der Waals surface area contributed by atoms with Crippen LogP contribution in [-0.2, 0) is 6.42 Å².